The van der Waals surface area contributed by atoms with Crippen LogP contribution in [-0.4, -0.2) is 65.5 Å². The van der Waals surface area contributed by atoms with Crippen LogP contribution in [0.3, 0.4) is 0 Å². The average Bonchev–Trinajstić information content (AvgIpc) is 2.79. The van der Waals surface area contributed by atoms with Gasteiger partial charge in [0.05, 0.1) is 11.8 Å². The summed E-state index contributed by atoms with van der Waals surface area (Å²) in [5.74, 6) is -0.532. The molecule has 0 aromatic carbocycles. The van der Waals surface area contributed by atoms with E-state index in [0.717, 1.165) is 0 Å². The summed E-state index contributed by atoms with van der Waals surface area (Å²) in [4.78, 5) is 13.4. The number of amides is 1. The lowest BCUT2D eigenvalue weighted by Crippen LogP contribution is -2.57. The van der Waals surface area contributed by atoms with E-state index in [9.17, 15) is 18.0 Å². The average molecular weight is 356 g/mol. The van der Waals surface area contributed by atoms with Crippen molar-refractivity contribution in [1.82, 2.24) is 25.3 Å². The number of carbonyl (C=O) groups excluding carboxylic acids is 1. The highest BCUT2D eigenvalue weighted by Gasteiger charge is 2.43. The number of carbonyl (C=O) groups is 1. The van der Waals surface area contributed by atoms with E-state index in [1.54, 1.807) is 14.0 Å². The molecule has 0 saturated carbocycles. The normalized spacial score (nSPS) is 17.4. The van der Waals surface area contributed by atoms with Crippen molar-refractivity contribution >= 4 is 18.3 Å². The molecule has 1 aliphatic rings. The number of hydrogen-bond donors (Lipinski definition) is 2. The highest BCUT2D eigenvalue weighted by atomic mass is 35.5. The van der Waals surface area contributed by atoms with Crippen molar-refractivity contribution in [2.75, 3.05) is 32.7 Å². The Bertz CT molecular complexity index is 528. The van der Waals surface area contributed by atoms with Gasteiger partial charge in [0.25, 0.3) is 5.91 Å². The van der Waals surface area contributed by atoms with E-state index < -0.39 is 24.7 Å². The summed E-state index contributed by atoms with van der Waals surface area (Å²) in [5.41, 5.74) is 0.909. The number of rotatable bonds is 4. The standard InChI is InChI=1S/C13H20F3N5O.ClH/c1-9-10(7-19-20(9)2)12(22)18-8-11(13(14,15)16)21-5-3-17-4-6-21;/h7,11,17H,3-6,8H2,1-2H3,(H,18,22);1H. The Morgan fingerprint density at radius 1 is 1.43 bits per heavy atom. The first-order valence-electron chi connectivity index (χ1n) is 7.09. The van der Waals surface area contributed by atoms with Gasteiger partial charge >= 0.3 is 6.18 Å². The zero-order chi connectivity index (χ0) is 16.3. The molecule has 0 bridgehead atoms. The van der Waals surface area contributed by atoms with Crippen LogP contribution in [-0.2, 0) is 7.05 Å². The first kappa shape index (κ1) is 19.7. The van der Waals surface area contributed by atoms with Gasteiger partial charge in [0.15, 0.2) is 0 Å². The number of hydrogen-bond acceptors (Lipinski definition) is 4. The van der Waals surface area contributed by atoms with Crippen molar-refractivity contribution in [2.45, 2.75) is 19.1 Å². The van der Waals surface area contributed by atoms with Gasteiger partial charge in [-0.15, -0.1) is 12.4 Å². The molecule has 1 atom stereocenters. The van der Waals surface area contributed by atoms with Crippen molar-refractivity contribution in [3.63, 3.8) is 0 Å². The van der Waals surface area contributed by atoms with Gasteiger partial charge in [-0.3, -0.25) is 14.4 Å². The number of nitrogens with zero attached hydrogens (tertiary/aromatic N) is 3. The Hall–Kier alpha value is -1.32. The third kappa shape index (κ3) is 4.82. The lowest BCUT2D eigenvalue weighted by Gasteiger charge is -2.35. The third-order valence-corrected chi connectivity index (χ3v) is 3.91. The van der Waals surface area contributed by atoms with Crippen LogP contribution in [0, 0.1) is 6.92 Å². The molecular weight excluding hydrogens is 335 g/mol. The summed E-state index contributed by atoms with van der Waals surface area (Å²) in [6.45, 7) is 2.89. The van der Waals surface area contributed by atoms with Gasteiger partial charge in [0, 0.05) is 45.5 Å². The molecule has 0 spiro atoms. The lowest BCUT2D eigenvalue weighted by molar-refractivity contribution is -0.183. The molecule has 0 aliphatic carbocycles. The molecule has 1 unspecified atom stereocenters. The van der Waals surface area contributed by atoms with Gasteiger partial charge in [-0.1, -0.05) is 0 Å². The molecule has 10 heteroatoms. The lowest BCUT2D eigenvalue weighted by atomic mass is 10.2. The fraction of sp³-hybridized carbons (Fsp3) is 0.692. The maximum atomic E-state index is 13.2. The molecule has 1 aliphatic heterocycles. The molecule has 1 saturated heterocycles. The van der Waals surface area contributed by atoms with E-state index in [4.69, 9.17) is 0 Å². The highest BCUT2D eigenvalue weighted by Crippen LogP contribution is 2.24. The number of halogens is 4. The zero-order valence-corrected chi connectivity index (χ0v) is 13.8. The van der Waals surface area contributed by atoms with E-state index in [2.05, 4.69) is 15.7 Å². The van der Waals surface area contributed by atoms with Crippen LogP contribution in [0.25, 0.3) is 0 Å². The van der Waals surface area contributed by atoms with E-state index in [1.165, 1.54) is 15.8 Å². The van der Waals surface area contributed by atoms with Gasteiger partial charge < -0.3 is 10.6 Å². The van der Waals surface area contributed by atoms with Gasteiger partial charge in [-0.05, 0) is 6.92 Å². The van der Waals surface area contributed by atoms with Crippen LogP contribution in [0.1, 0.15) is 16.1 Å². The largest absolute Gasteiger partial charge is 0.405 e. The minimum atomic E-state index is -4.38. The van der Waals surface area contributed by atoms with Gasteiger partial charge in [0.2, 0.25) is 0 Å². The minimum Gasteiger partial charge on any atom is -0.350 e. The molecule has 2 rings (SSSR count). The van der Waals surface area contributed by atoms with Crippen molar-refractivity contribution in [3.8, 4) is 0 Å². The number of aryl methyl sites for hydroxylation is 1. The Balaban J connectivity index is 0.00000264. The SMILES string of the molecule is Cc1c(C(=O)NCC(N2CCNCC2)C(F)(F)F)cnn1C.Cl. The molecule has 23 heavy (non-hydrogen) atoms. The first-order chi connectivity index (χ1) is 10.3. The van der Waals surface area contributed by atoms with E-state index >= 15 is 0 Å². The Labute approximate surface area is 138 Å². The van der Waals surface area contributed by atoms with Crippen molar-refractivity contribution < 1.29 is 18.0 Å². The molecular formula is C13H21ClF3N5O. The fourth-order valence-corrected chi connectivity index (χ4v) is 2.45. The van der Waals surface area contributed by atoms with Crippen LogP contribution in [0.2, 0.25) is 0 Å². The molecule has 6 nitrogen and oxygen atoms in total. The second-order valence-corrected chi connectivity index (χ2v) is 5.32. The zero-order valence-electron chi connectivity index (χ0n) is 13.0. The molecule has 1 fully saturated rings. The van der Waals surface area contributed by atoms with E-state index in [1.807, 2.05) is 0 Å². The molecule has 0 radical (unpaired) electrons. The van der Waals surface area contributed by atoms with E-state index in [-0.39, 0.29) is 12.4 Å². The predicted molar refractivity (Wildman–Crippen MR) is 81.8 cm³/mol. The first-order valence-corrected chi connectivity index (χ1v) is 7.09. The van der Waals surface area contributed by atoms with Crippen molar-refractivity contribution in [3.05, 3.63) is 17.5 Å². The number of nitrogens with one attached hydrogen (secondary N) is 2. The monoisotopic (exact) mass is 355 g/mol. The highest BCUT2D eigenvalue weighted by molar-refractivity contribution is 5.95. The summed E-state index contributed by atoms with van der Waals surface area (Å²) in [6, 6.07) is -1.67. The van der Waals surface area contributed by atoms with Crippen LogP contribution >= 0.6 is 12.4 Å². The molecule has 2 heterocycles. The Morgan fingerprint density at radius 3 is 2.52 bits per heavy atom. The topological polar surface area (TPSA) is 62.2 Å². The van der Waals surface area contributed by atoms with Crippen molar-refractivity contribution in [1.29, 1.82) is 0 Å². The smallest absolute Gasteiger partial charge is 0.350 e. The summed E-state index contributed by atoms with van der Waals surface area (Å²) in [7, 11) is 1.67. The summed E-state index contributed by atoms with van der Waals surface area (Å²) in [6.07, 6.45) is -3.02. The van der Waals surface area contributed by atoms with Crippen LogP contribution in [0.15, 0.2) is 6.20 Å². The van der Waals surface area contributed by atoms with Crippen molar-refractivity contribution in [2.24, 2.45) is 7.05 Å². The Morgan fingerprint density at radius 2 is 2.04 bits per heavy atom. The Kier molecular flexibility index (Phi) is 6.84. The second kappa shape index (κ2) is 7.98. The maximum Gasteiger partial charge on any atom is 0.405 e. The number of piperazine rings is 1. The molecule has 1 aromatic rings. The van der Waals surface area contributed by atoms with Gasteiger partial charge in [0.1, 0.15) is 6.04 Å². The molecule has 1 aromatic heterocycles. The molecule has 132 valence electrons. The van der Waals surface area contributed by atoms with Gasteiger partial charge in [-0.25, -0.2) is 0 Å². The molecule has 2 N–H and O–H groups in total. The maximum absolute atomic E-state index is 13.2. The predicted octanol–water partition coefficient (Wildman–Crippen LogP) is 0.716. The summed E-state index contributed by atoms with van der Waals surface area (Å²) in [5, 5.41) is 9.32. The second-order valence-electron chi connectivity index (χ2n) is 5.32. The van der Waals surface area contributed by atoms with Crippen LogP contribution in [0.4, 0.5) is 13.2 Å². The summed E-state index contributed by atoms with van der Waals surface area (Å²) < 4.78 is 41.1. The summed E-state index contributed by atoms with van der Waals surface area (Å²) >= 11 is 0. The minimum absolute atomic E-state index is 0. The number of aromatic nitrogens is 2. The van der Waals surface area contributed by atoms with E-state index in [0.29, 0.717) is 37.4 Å². The van der Waals surface area contributed by atoms with Crippen LogP contribution in [0.5, 0.6) is 0 Å². The quantitative estimate of drug-likeness (QED) is 0.835. The molecule has 1 amide bonds. The third-order valence-electron chi connectivity index (χ3n) is 3.91. The fourth-order valence-electron chi connectivity index (χ4n) is 2.45. The number of alkyl halides is 3. The van der Waals surface area contributed by atoms with Crippen LogP contribution < -0.4 is 10.6 Å². The van der Waals surface area contributed by atoms with Gasteiger partial charge in [-0.2, -0.15) is 18.3 Å².